The van der Waals surface area contributed by atoms with Crippen LogP contribution in [0.15, 0.2) is 72.1 Å². The largest absolute Gasteiger partial charge is 0.440 e. The van der Waals surface area contributed by atoms with Gasteiger partial charge >= 0.3 is 5.97 Å². The number of esters is 1. The van der Waals surface area contributed by atoms with Gasteiger partial charge in [0.1, 0.15) is 28.0 Å². The van der Waals surface area contributed by atoms with E-state index in [4.69, 9.17) is 38.4 Å². The minimum Gasteiger partial charge on any atom is -0.440 e. The zero-order chi connectivity index (χ0) is 26.5. The van der Waals surface area contributed by atoms with Crippen LogP contribution in [0.4, 0.5) is 0 Å². The summed E-state index contributed by atoms with van der Waals surface area (Å²) in [4.78, 5) is 13.3. The first-order valence-corrected chi connectivity index (χ1v) is 13.1. The van der Waals surface area contributed by atoms with Crippen molar-refractivity contribution in [3.05, 3.63) is 104 Å². The highest BCUT2D eigenvalue weighted by molar-refractivity contribution is 7.21. The zero-order valence-electron chi connectivity index (χ0n) is 20.3. The van der Waals surface area contributed by atoms with Crippen molar-refractivity contribution in [1.82, 2.24) is 0 Å². The molecule has 4 aromatic rings. The molecule has 0 amide bonds. The van der Waals surface area contributed by atoms with E-state index in [2.05, 4.69) is 39.0 Å². The van der Waals surface area contributed by atoms with E-state index in [0.29, 0.717) is 21.4 Å². The number of carbonyl (C=O) groups is 1. The first-order valence-electron chi connectivity index (χ1n) is 11.5. The van der Waals surface area contributed by atoms with Gasteiger partial charge in [0.15, 0.2) is 0 Å². The minimum atomic E-state index is -0.589. The molecule has 37 heavy (non-hydrogen) atoms. The highest BCUT2D eigenvalue weighted by Crippen LogP contribution is 2.44. The van der Waals surface area contributed by atoms with Crippen LogP contribution >= 0.6 is 34.5 Å². The van der Waals surface area contributed by atoms with Crippen LogP contribution in [0.2, 0.25) is 10.0 Å². The summed E-state index contributed by atoms with van der Waals surface area (Å²) in [5.74, 6) is -0.290. The van der Waals surface area contributed by atoms with Crippen molar-refractivity contribution < 1.29 is 14.3 Å². The summed E-state index contributed by atoms with van der Waals surface area (Å²) < 4.78 is 12.2. The van der Waals surface area contributed by atoms with Crippen LogP contribution in [0, 0.1) is 11.3 Å². The maximum atomic E-state index is 13.0. The quantitative estimate of drug-likeness (QED) is 0.207. The smallest absolute Gasteiger partial charge is 0.355 e. The molecule has 0 saturated carbocycles. The fourth-order valence-corrected chi connectivity index (χ4v) is 6.00. The number of ether oxygens (including phenoxy) is 2. The molecule has 0 aliphatic carbocycles. The molecule has 2 heterocycles. The van der Waals surface area contributed by atoms with E-state index in [9.17, 15) is 10.1 Å². The fraction of sp³-hybridized carbons (Fsp3) is 0.172. The normalized spacial score (nSPS) is 15.2. The average Bonchev–Trinajstić information content (AvgIpc) is 3.18. The van der Waals surface area contributed by atoms with E-state index < -0.39 is 11.9 Å². The molecule has 1 unspecified atom stereocenters. The average molecular weight is 549 g/mol. The van der Waals surface area contributed by atoms with Crippen LogP contribution in [0.1, 0.15) is 53.1 Å². The molecule has 0 fully saturated rings. The molecule has 8 heteroatoms. The van der Waals surface area contributed by atoms with Crippen LogP contribution in [-0.2, 0) is 5.41 Å². The van der Waals surface area contributed by atoms with Crippen molar-refractivity contribution in [2.75, 3.05) is 0 Å². The summed E-state index contributed by atoms with van der Waals surface area (Å²) in [5.41, 5.74) is 9.33. The molecule has 0 radical (unpaired) electrons. The van der Waals surface area contributed by atoms with Crippen LogP contribution < -0.4 is 15.2 Å². The predicted octanol–water partition coefficient (Wildman–Crippen LogP) is 7.94. The molecule has 186 valence electrons. The summed E-state index contributed by atoms with van der Waals surface area (Å²) in [7, 11) is 0. The summed E-state index contributed by atoms with van der Waals surface area (Å²) >= 11 is 13.7. The van der Waals surface area contributed by atoms with Gasteiger partial charge < -0.3 is 15.2 Å². The molecule has 0 bridgehead atoms. The fourth-order valence-electron chi connectivity index (χ4n) is 4.34. The van der Waals surface area contributed by atoms with Gasteiger partial charge in [0.05, 0.1) is 10.9 Å². The minimum absolute atomic E-state index is 0.00138. The van der Waals surface area contributed by atoms with Gasteiger partial charge in [0, 0.05) is 26.7 Å². The number of allylic oxidation sites excluding steroid dienone is 1. The molecular weight excluding hydrogens is 527 g/mol. The van der Waals surface area contributed by atoms with Gasteiger partial charge in [-0.2, -0.15) is 5.26 Å². The number of thiophene rings is 1. The number of nitrogens with two attached hydrogens (primary N) is 1. The highest BCUT2D eigenvalue weighted by Gasteiger charge is 2.31. The standard InChI is InChI=1S/C29H22Cl2N2O3S/c1-29(2,3)16-6-4-15(5-7-16)24-19-11-9-18(13-22(19)36-27(33)21(24)14-32)35-28(34)26-25(31)20-10-8-17(30)12-23(20)37-26/h4-13,24H,33H2,1-3H3. The molecule has 0 spiro atoms. The van der Waals surface area contributed by atoms with Gasteiger partial charge in [0.2, 0.25) is 5.88 Å². The van der Waals surface area contributed by atoms with Crippen molar-refractivity contribution in [2.45, 2.75) is 32.1 Å². The van der Waals surface area contributed by atoms with Gasteiger partial charge in [-0.15, -0.1) is 11.3 Å². The van der Waals surface area contributed by atoms with Crippen molar-refractivity contribution >= 4 is 50.6 Å². The SMILES string of the molecule is CC(C)(C)c1ccc(C2C(C#N)=C(N)Oc3cc(OC(=O)c4sc5cc(Cl)ccc5c4Cl)ccc32)cc1. The summed E-state index contributed by atoms with van der Waals surface area (Å²) in [5, 5.41) is 11.5. The molecule has 1 aliphatic rings. The molecule has 3 aromatic carbocycles. The first-order chi connectivity index (χ1) is 17.6. The van der Waals surface area contributed by atoms with Crippen molar-refractivity contribution in [3.8, 4) is 17.6 Å². The Morgan fingerprint density at radius 3 is 2.49 bits per heavy atom. The number of halogens is 2. The van der Waals surface area contributed by atoms with Gasteiger partial charge in [-0.3, -0.25) is 0 Å². The van der Waals surface area contributed by atoms with Gasteiger partial charge in [-0.1, -0.05) is 80.4 Å². The number of carbonyl (C=O) groups excluding carboxylic acids is 1. The lowest BCUT2D eigenvalue weighted by atomic mass is 9.81. The monoisotopic (exact) mass is 548 g/mol. The highest BCUT2D eigenvalue weighted by atomic mass is 35.5. The molecular formula is C29H22Cl2N2O3S. The van der Waals surface area contributed by atoms with Crippen molar-refractivity contribution in [2.24, 2.45) is 5.73 Å². The molecule has 1 aliphatic heterocycles. The number of nitrogens with zero attached hydrogens (tertiary/aromatic N) is 1. The van der Waals surface area contributed by atoms with E-state index in [1.54, 1.807) is 36.4 Å². The third kappa shape index (κ3) is 4.67. The molecule has 2 N–H and O–H groups in total. The topological polar surface area (TPSA) is 85.3 Å². The lowest BCUT2D eigenvalue weighted by molar-refractivity contribution is 0.0740. The third-order valence-electron chi connectivity index (χ3n) is 6.29. The number of hydrogen-bond donors (Lipinski definition) is 1. The van der Waals surface area contributed by atoms with E-state index in [0.717, 1.165) is 21.2 Å². The lowest BCUT2D eigenvalue weighted by Crippen LogP contribution is -2.21. The Kier molecular flexibility index (Phi) is 6.41. The Bertz CT molecular complexity index is 1630. The van der Waals surface area contributed by atoms with Crippen molar-refractivity contribution in [1.29, 1.82) is 5.26 Å². The van der Waals surface area contributed by atoms with Gasteiger partial charge in [-0.25, -0.2) is 4.79 Å². The van der Waals surface area contributed by atoms with Gasteiger partial charge in [0.25, 0.3) is 0 Å². The Morgan fingerprint density at radius 1 is 1.08 bits per heavy atom. The predicted molar refractivity (Wildman–Crippen MR) is 148 cm³/mol. The van der Waals surface area contributed by atoms with E-state index >= 15 is 0 Å². The number of nitriles is 1. The van der Waals surface area contributed by atoms with Crippen LogP contribution in [0.5, 0.6) is 11.5 Å². The lowest BCUT2D eigenvalue weighted by Gasteiger charge is -2.27. The van der Waals surface area contributed by atoms with E-state index in [1.165, 1.54) is 16.9 Å². The third-order valence-corrected chi connectivity index (χ3v) is 8.16. The molecule has 1 atom stereocenters. The maximum Gasteiger partial charge on any atom is 0.355 e. The Hall–Kier alpha value is -3.50. The molecule has 0 saturated heterocycles. The Balaban J connectivity index is 1.48. The van der Waals surface area contributed by atoms with E-state index in [1.807, 2.05) is 12.1 Å². The number of hydrogen-bond acceptors (Lipinski definition) is 6. The number of rotatable bonds is 3. The maximum absolute atomic E-state index is 13.0. The molecule has 1 aromatic heterocycles. The molecule has 5 rings (SSSR count). The zero-order valence-corrected chi connectivity index (χ0v) is 22.6. The summed E-state index contributed by atoms with van der Waals surface area (Å²) in [6.45, 7) is 6.44. The van der Waals surface area contributed by atoms with Crippen LogP contribution in [-0.4, -0.2) is 5.97 Å². The van der Waals surface area contributed by atoms with E-state index in [-0.39, 0.29) is 21.9 Å². The summed E-state index contributed by atoms with van der Waals surface area (Å²) in [6, 6.07) is 20.7. The number of benzene rings is 3. The second-order valence-electron chi connectivity index (χ2n) is 9.77. The second kappa shape index (κ2) is 9.42. The van der Waals surface area contributed by atoms with Crippen molar-refractivity contribution in [3.63, 3.8) is 0 Å². The Labute approximate surface area is 228 Å². The van der Waals surface area contributed by atoms with Crippen LogP contribution in [0.25, 0.3) is 10.1 Å². The summed E-state index contributed by atoms with van der Waals surface area (Å²) in [6.07, 6.45) is 0. The van der Waals surface area contributed by atoms with Crippen LogP contribution in [0.3, 0.4) is 0 Å². The van der Waals surface area contributed by atoms with Gasteiger partial charge in [-0.05, 0) is 34.7 Å². The first kappa shape index (κ1) is 25.2. The number of fused-ring (bicyclic) bond motifs is 2. The Morgan fingerprint density at radius 2 is 1.81 bits per heavy atom. The molecule has 5 nitrogen and oxygen atoms in total. The second-order valence-corrected chi connectivity index (χ2v) is 11.6.